The van der Waals surface area contributed by atoms with E-state index in [0.29, 0.717) is 27.8 Å². The fourth-order valence-electron chi connectivity index (χ4n) is 1.50. The summed E-state index contributed by atoms with van der Waals surface area (Å²) in [5.41, 5.74) is 6.73. The molecule has 3 nitrogen and oxygen atoms in total. The van der Waals surface area contributed by atoms with Crippen molar-refractivity contribution < 1.29 is 9.13 Å². The Morgan fingerprint density at radius 3 is 2.61 bits per heavy atom. The van der Waals surface area contributed by atoms with Crippen LogP contribution in [0.5, 0.6) is 5.75 Å². The standard InChI is InChI=1S/C13H12ClFN2O/c1-18-9-3-4-10(14)13(7-9)17-12-5-2-8(16)6-11(12)15/h2-7,17H,16H2,1H3. The molecule has 2 aromatic rings. The van der Waals surface area contributed by atoms with Crippen LogP contribution < -0.4 is 15.8 Å². The number of nitrogens with one attached hydrogen (secondary N) is 1. The summed E-state index contributed by atoms with van der Waals surface area (Å²) >= 11 is 6.02. The van der Waals surface area contributed by atoms with Gasteiger partial charge in [0.15, 0.2) is 0 Å². The quantitative estimate of drug-likeness (QED) is 0.831. The van der Waals surface area contributed by atoms with Crippen molar-refractivity contribution in [2.45, 2.75) is 0 Å². The van der Waals surface area contributed by atoms with Crippen LogP contribution in [0.15, 0.2) is 36.4 Å². The second kappa shape index (κ2) is 5.14. The molecule has 3 N–H and O–H groups in total. The van der Waals surface area contributed by atoms with Crippen molar-refractivity contribution in [3.8, 4) is 5.75 Å². The summed E-state index contributed by atoms with van der Waals surface area (Å²) < 4.78 is 18.7. The molecule has 2 rings (SSSR count). The zero-order valence-electron chi connectivity index (χ0n) is 9.71. The predicted molar refractivity (Wildman–Crippen MR) is 72.1 cm³/mol. The van der Waals surface area contributed by atoms with Gasteiger partial charge in [-0.3, -0.25) is 0 Å². The molecule has 0 atom stereocenters. The maximum absolute atomic E-state index is 13.6. The smallest absolute Gasteiger partial charge is 0.148 e. The molecular formula is C13H12ClFN2O. The Morgan fingerprint density at radius 2 is 1.94 bits per heavy atom. The van der Waals surface area contributed by atoms with Crippen LogP contribution in [0.3, 0.4) is 0 Å². The van der Waals surface area contributed by atoms with E-state index in [9.17, 15) is 4.39 Å². The van der Waals surface area contributed by atoms with E-state index in [4.69, 9.17) is 22.1 Å². The molecule has 0 saturated carbocycles. The number of benzene rings is 2. The van der Waals surface area contributed by atoms with E-state index in [2.05, 4.69) is 5.32 Å². The van der Waals surface area contributed by atoms with Crippen LogP contribution in [0.4, 0.5) is 21.5 Å². The van der Waals surface area contributed by atoms with Gasteiger partial charge in [0.2, 0.25) is 0 Å². The van der Waals surface area contributed by atoms with Gasteiger partial charge in [0, 0.05) is 11.8 Å². The molecule has 0 amide bonds. The minimum atomic E-state index is -0.436. The summed E-state index contributed by atoms with van der Waals surface area (Å²) in [6, 6.07) is 9.51. The average Bonchev–Trinajstić information content (AvgIpc) is 2.35. The number of rotatable bonds is 3. The van der Waals surface area contributed by atoms with Gasteiger partial charge in [-0.15, -0.1) is 0 Å². The van der Waals surface area contributed by atoms with Crippen LogP contribution in [0.25, 0.3) is 0 Å². The zero-order valence-corrected chi connectivity index (χ0v) is 10.5. The molecule has 0 spiro atoms. The molecule has 0 radical (unpaired) electrons. The lowest BCUT2D eigenvalue weighted by atomic mass is 10.2. The van der Waals surface area contributed by atoms with Crippen molar-refractivity contribution in [1.82, 2.24) is 0 Å². The summed E-state index contributed by atoms with van der Waals surface area (Å²) in [6.07, 6.45) is 0. The monoisotopic (exact) mass is 266 g/mol. The molecule has 18 heavy (non-hydrogen) atoms. The van der Waals surface area contributed by atoms with E-state index in [1.54, 1.807) is 37.4 Å². The molecular weight excluding hydrogens is 255 g/mol. The van der Waals surface area contributed by atoms with Crippen molar-refractivity contribution in [2.24, 2.45) is 0 Å². The van der Waals surface area contributed by atoms with Gasteiger partial charge < -0.3 is 15.8 Å². The molecule has 0 aliphatic carbocycles. The molecule has 0 saturated heterocycles. The largest absolute Gasteiger partial charge is 0.497 e. The first-order valence-electron chi connectivity index (χ1n) is 5.26. The SMILES string of the molecule is COc1ccc(Cl)c(Nc2ccc(N)cc2F)c1. The molecule has 0 aromatic heterocycles. The summed E-state index contributed by atoms with van der Waals surface area (Å²) in [7, 11) is 1.55. The normalized spacial score (nSPS) is 10.2. The van der Waals surface area contributed by atoms with Crippen molar-refractivity contribution in [3.63, 3.8) is 0 Å². The fourth-order valence-corrected chi connectivity index (χ4v) is 1.67. The van der Waals surface area contributed by atoms with Crippen LogP contribution in [0.2, 0.25) is 5.02 Å². The second-order valence-corrected chi connectivity index (χ2v) is 4.12. The highest BCUT2D eigenvalue weighted by Crippen LogP contribution is 2.30. The van der Waals surface area contributed by atoms with Gasteiger partial charge in [-0.05, 0) is 30.3 Å². The molecule has 0 fully saturated rings. The summed E-state index contributed by atoms with van der Waals surface area (Å²) in [5.74, 6) is 0.201. The van der Waals surface area contributed by atoms with Gasteiger partial charge in [-0.1, -0.05) is 11.6 Å². The molecule has 0 bridgehead atoms. The van der Waals surface area contributed by atoms with Crippen LogP contribution in [-0.2, 0) is 0 Å². The lowest BCUT2D eigenvalue weighted by Crippen LogP contribution is -1.96. The minimum absolute atomic E-state index is 0.305. The Hall–Kier alpha value is -1.94. The Morgan fingerprint density at radius 1 is 1.17 bits per heavy atom. The van der Waals surface area contributed by atoms with E-state index in [-0.39, 0.29) is 0 Å². The minimum Gasteiger partial charge on any atom is -0.497 e. The summed E-state index contributed by atoms with van der Waals surface area (Å²) in [4.78, 5) is 0. The lowest BCUT2D eigenvalue weighted by Gasteiger charge is -2.11. The van der Waals surface area contributed by atoms with Crippen molar-refractivity contribution in [2.75, 3.05) is 18.2 Å². The Bertz CT molecular complexity index is 575. The lowest BCUT2D eigenvalue weighted by molar-refractivity contribution is 0.415. The first-order chi connectivity index (χ1) is 8.60. The third kappa shape index (κ3) is 2.65. The number of nitrogen functional groups attached to an aromatic ring is 1. The number of ether oxygens (including phenoxy) is 1. The number of methoxy groups -OCH3 is 1. The summed E-state index contributed by atoms with van der Waals surface area (Å²) in [6.45, 7) is 0. The van der Waals surface area contributed by atoms with E-state index in [0.717, 1.165) is 0 Å². The highest BCUT2D eigenvalue weighted by molar-refractivity contribution is 6.33. The first-order valence-corrected chi connectivity index (χ1v) is 5.63. The number of hydrogen-bond donors (Lipinski definition) is 2. The maximum Gasteiger partial charge on any atom is 0.148 e. The van der Waals surface area contributed by atoms with Gasteiger partial charge in [0.25, 0.3) is 0 Å². The Kier molecular flexibility index (Phi) is 3.58. The Balaban J connectivity index is 2.33. The van der Waals surface area contributed by atoms with Crippen LogP contribution >= 0.6 is 11.6 Å². The average molecular weight is 267 g/mol. The number of nitrogens with two attached hydrogens (primary N) is 1. The highest BCUT2D eigenvalue weighted by atomic mass is 35.5. The molecule has 94 valence electrons. The third-order valence-corrected chi connectivity index (χ3v) is 2.77. The topological polar surface area (TPSA) is 47.3 Å². The Labute approximate surface area is 109 Å². The van der Waals surface area contributed by atoms with Crippen molar-refractivity contribution in [1.29, 1.82) is 0 Å². The van der Waals surface area contributed by atoms with Gasteiger partial charge in [-0.2, -0.15) is 0 Å². The van der Waals surface area contributed by atoms with E-state index < -0.39 is 5.82 Å². The predicted octanol–water partition coefficient (Wildman–Crippen LogP) is 3.81. The molecule has 0 unspecified atom stereocenters. The third-order valence-electron chi connectivity index (χ3n) is 2.44. The molecule has 2 aromatic carbocycles. The molecule has 0 aliphatic heterocycles. The van der Waals surface area contributed by atoms with Crippen molar-refractivity contribution >= 4 is 28.7 Å². The van der Waals surface area contributed by atoms with E-state index in [1.807, 2.05) is 0 Å². The molecule has 5 heteroatoms. The fraction of sp³-hybridized carbons (Fsp3) is 0.0769. The number of hydrogen-bond acceptors (Lipinski definition) is 3. The van der Waals surface area contributed by atoms with E-state index in [1.165, 1.54) is 6.07 Å². The summed E-state index contributed by atoms with van der Waals surface area (Å²) in [5, 5.41) is 3.38. The zero-order chi connectivity index (χ0) is 13.1. The molecule has 0 heterocycles. The molecule has 0 aliphatic rings. The second-order valence-electron chi connectivity index (χ2n) is 3.71. The highest BCUT2D eigenvalue weighted by Gasteiger charge is 2.06. The number of halogens is 2. The van der Waals surface area contributed by atoms with Gasteiger partial charge in [0.1, 0.15) is 11.6 Å². The van der Waals surface area contributed by atoms with Crippen LogP contribution in [0, 0.1) is 5.82 Å². The van der Waals surface area contributed by atoms with Crippen LogP contribution in [-0.4, -0.2) is 7.11 Å². The van der Waals surface area contributed by atoms with Crippen molar-refractivity contribution in [3.05, 3.63) is 47.2 Å². The first kappa shape index (κ1) is 12.5. The van der Waals surface area contributed by atoms with Crippen LogP contribution in [0.1, 0.15) is 0 Å². The van der Waals surface area contributed by atoms with E-state index >= 15 is 0 Å². The van der Waals surface area contributed by atoms with Gasteiger partial charge >= 0.3 is 0 Å². The van der Waals surface area contributed by atoms with Gasteiger partial charge in [-0.25, -0.2) is 4.39 Å². The van der Waals surface area contributed by atoms with Gasteiger partial charge in [0.05, 0.1) is 23.5 Å². The maximum atomic E-state index is 13.6. The number of anilines is 3.